The molecule has 0 spiro atoms. The van der Waals surface area contributed by atoms with E-state index in [1.165, 1.54) is 35.6 Å². The van der Waals surface area contributed by atoms with E-state index in [0.717, 1.165) is 9.24 Å². The van der Waals surface area contributed by atoms with Crippen LogP contribution in [0.4, 0.5) is 5.69 Å². The van der Waals surface area contributed by atoms with Gasteiger partial charge in [-0.05, 0) is 24.3 Å². The zero-order valence-electron chi connectivity index (χ0n) is 10.4. The Balaban J connectivity index is 1.73. The van der Waals surface area contributed by atoms with Gasteiger partial charge in [-0.25, -0.2) is 0 Å². The number of hydrogen-bond acceptors (Lipinski definition) is 6. The lowest BCUT2D eigenvalue weighted by Gasteiger charge is -2.06. The largest absolute Gasteiger partial charge is 0.472 e. The molecule has 0 bridgehead atoms. The van der Waals surface area contributed by atoms with E-state index in [9.17, 15) is 4.79 Å². The van der Waals surface area contributed by atoms with Crippen molar-refractivity contribution in [1.82, 2.24) is 10.2 Å². The fourth-order valence-corrected chi connectivity index (χ4v) is 3.29. The van der Waals surface area contributed by atoms with Crippen LogP contribution in [0.1, 0.15) is 10.4 Å². The van der Waals surface area contributed by atoms with Gasteiger partial charge < -0.3 is 9.73 Å². The van der Waals surface area contributed by atoms with Crippen LogP contribution in [0.25, 0.3) is 0 Å². The first kappa shape index (κ1) is 14.1. The summed E-state index contributed by atoms with van der Waals surface area (Å²) in [5.74, 6) is -0.246. The number of amides is 1. The van der Waals surface area contributed by atoms with Crippen LogP contribution >= 0.6 is 34.7 Å². The SMILES string of the molecule is O=C(Nc1ccc(Sc2nncs2)c(Cl)c1)c1ccoc1. The molecule has 0 atom stereocenters. The molecule has 1 amide bonds. The van der Waals surface area contributed by atoms with Crippen LogP contribution in [0.15, 0.2) is 56.0 Å². The monoisotopic (exact) mass is 337 g/mol. The summed E-state index contributed by atoms with van der Waals surface area (Å²) >= 11 is 9.09. The molecule has 21 heavy (non-hydrogen) atoms. The second-order valence-electron chi connectivity index (χ2n) is 3.92. The second-order valence-corrected chi connectivity index (χ2v) is 6.45. The Morgan fingerprint density at radius 2 is 2.29 bits per heavy atom. The molecular weight excluding hydrogens is 330 g/mol. The fourth-order valence-electron chi connectivity index (χ4n) is 1.56. The number of benzene rings is 1. The van der Waals surface area contributed by atoms with Crippen LogP contribution < -0.4 is 5.32 Å². The lowest BCUT2D eigenvalue weighted by molar-refractivity contribution is 0.102. The molecule has 0 aliphatic rings. The summed E-state index contributed by atoms with van der Waals surface area (Å²) in [5.41, 5.74) is 2.74. The van der Waals surface area contributed by atoms with Crippen LogP contribution in [0.2, 0.25) is 5.02 Å². The Morgan fingerprint density at radius 1 is 1.38 bits per heavy atom. The Bertz CT molecular complexity index is 745. The van der Waals surface area contributed by atoms with Crippen molar-refractivity contribution in [3.63, 3.8) is 0 Å². The van der Waals surface area contributed by atoms with E-state index in [0.29, 0.717) is 16.3 Å². The molecular formula is C13H8ClN3O2S2. The topological polar surface area (TPSA) is 68.0 Å². The summed E-state index contributed by atoms with van der Waals surface area (Å²) in [7, 11) is 0. The zero-order chi connectivity index (χ0) is 14.7. The number of nitrogens with one attached hydrogen (secondary N) is 1. The van der Waals surface area contributed by atoms with E-state index in [2.05, 4.69) is 15.5 Å². The van der Waals surface area contributed by atoms with Crippen molar-refractivity contribution in [1.29, 1.82) is 0 Å². The van der Waals surface area contributed by atoms with Gasteiger partial charge in [0.1, 0.15) is 11.8 Å². The highest BCUT2D eigenvalue weighted by Gasteiger charge is 2.10. The lowest BCUT2D eigenvalue weighted by atomic mass is 10.3. The fraction of sp³-hybridized carbons (Fsp3) is 0. The third-order valence-electron chi connectivity index (χ3n) is 2.51. The van der Waals surface area contributed by atoms with Crippen molar-refractivity contribution in [3.05, 3.63) is 52.9 Å². The predicted molar refractivity (Wildman–Crippen MR) is 82.1 cm³/mol. The number of nitrogens with zero attached hydrogens (tertiary/aromatic N) is 2. The van der Waals surface area contributed by atoms with Crippen molar-refractivity contribution in [3.8, 4) is 0 Å². The zero-order valence-corrected chi connectivity index (χ0v) is 12.8. The summed E-state index contributed by atoms with van der Waals surface area (Å²) in [6.07, 6.45) is 2.83. The third kappa shape index (κ3) is 3.44. The standard InChI is InChI=1S/C13H8ClN3O2S2/c14-10-5-9(16-12(18)8-3-4-19-6-8)1-2-11(10)21-13-17-15-7-20-13/h1-7H,(H,16,18). The number of carbonyl (C=O) groups excluding carboxylic acids is 1. The first-order valence-corrected chi connectivity index (χ1v) is 7.87. The van der Waals surface area contributed by atoms with E-state index in [1.807, 2.05) is 6.07 Å². The van der Waals surface area contributed by atoms with Crippen LogP contribution in [-0.2, 0) is 0 Å². The third-order valence-corrected chi connectivity index (χ3v) is 4.79. The van der Waals surface area contributed by atoms with E-state index in [-0.39, 0.29) is 5.91 Å². The van der Waals surface area contributed by atoms with Gasteiger partial charge in [0.15, 0.2) is 4.34 Å². The highest BCUT2D eigenvalue weighted by molar-refractivity contribution is 8.01. The molecule has 0 aliphatic carbocycles. The van der Waals surface area contributed by atoms with Gasteiger partial charge in [-0.3, -0.25) is 4.79 Å². The smallest absolute Gasteiger partial charge is 0.258 e. The Morgan fingerprint density at radius 3 is 2.95 bits per heavy atom. The molecule has 0 saturated heterocycles. The summed E-state index contributed by atoms with van der Waals surface area (Å²) in [6.45, 7) is 0. The van der Waals surface area contributed by atoms with E-state index >= 15 is 0 Å². The molecule has 1 aromatic carbocycles. The summed E-state index contributed by atoms with van der Waals surface area (Å²) < 4.78 is 5.69. The average Bonchev–Trinajstić information content (AvgIpc) is 3.14. The van der Waals surface area contributed by atoms with E-state index in [4.69, 9.17) is 16.0 Å². The minimum atomic E-state index is -0.246. The molecule has 0 saturated carbocycles. The van der Waals surface area contributed by atoms with Gasteiger partial charge in [0.25, 0.3) is 5.91 Å². The van der Waals surface area contributed by atoms with Crippen molar-refractivity contribution < 1.29 is 9.21 Å². The maximum Gasteiger partial charge on any atom is 0.258 e. The van der Waals surface area contributed by atoms with Gasteiger partial charge in [0, 0.05) is 10.6 Å². The second kappa shape index (κ2) is 6.30. The van der Waals surface area contributed by atoms with Crippen LogP contribution in [-0.4, -0.2) is 16.1 Å². The number of hydrogen-bond donors (Lipinski definition) is 1. The Kier molecular flexibility index (Phi) is 4.23. The molecule has 3 aromatic rings. The van der Waals surface area contributed by atoms with Crippen LogP contribution in [0.3, 0.4) is 0 Å². The minimum Gasteiger partial charge on any atom is -0.472 e. The molecule has 106 valence electrons. The van der Waals surface area contributed by atoms with Gasteiger partial charge in [0.05, 0.1) is 16.8 Å². The van der Waals surface area contributed by atoms with Gasteiger partial charge in [-0.15, -0.1) is 10.2 Å². The molecule has 1 N–H and O–H groups in total. The number of furan rings is 1. The predicted octanol–water partition coefficient (Wildman–Crippen LogP) is 4.19. The Labute approximate surface area is 133 Å². The first-order valence-electron chi connectivity index (χ1n) is 5.79. The van der Waals surface area contributed by atoms with Crippen molar-refractivity contribution in [2.75, 3.05) is 5.32 Å². The van der Waals surface area contributed by atoms with E-state index < -0.39 is 0 Å². The van der Waals surface area contributed by atoms with Crippen molar-refractivity contribution in [2.45, 2.75) is 9.24 Å². The molecule has 0 unspecified atom stereocenters. The number of halogens is 1. The summed E-state index contributed by atoms with van der Waals surface area (Å²) in [5, 5.41) is 11.0. The highest BCUT2D eigenvalue weighted by Crippen LogP contribution is 2.35. The first-order chi connectivity index (χ1) is 10.2. The van der Waals surface area contributed by atoms with Gasteiger partial charge in [-0.2, -0.15) is 0 Å². The minimum absolute atomic E-state index is 0.246. The summed E-state index contributed by atoms with van der Waals surface area (Å²) in [6, 6.07) is 6.91. The maximum atomic E-state index is 11.9. The van der Waals surface area contributed by atoms with Crippen LogP contribution in [0, 0.1) is 0 Å². The molecule has 0 radical (unpaired) electrons. The Hall–Kier alpha value is -1.83. The van der Waals surface area contributed by atoms with Gasteiger partial charge in [-0.1, -0.05) is 34.7 Å². The van der Waals surface area contributed by atoms with Crippen molar-refractivity contribution in [2.24, 2.45) is 0 Å². The molecule has 2 heterocycles. The lowest BCUT2D eigenvalue weighted by Crippen LogP contribution is -2.10. The normalized spacial score (nSPS) is 10.5. The molecule has 5 nitrogen and oxygen atoms in total. The van der Waals surface area contributed by atoms with Gasteiger partial charge >= 0.3 is 0 Å². The molecule has 8 heteroatoms. The molecule has 3 rings (SSSR count). The molecule has 2 aromatic heterocycles. The van der Waals surface area contributed by atoms with Gasteiger partial charge in [0.2, 0.25) is 0 Å². The number of carbonyl (C=O) groups is 1. The number of anilines is 1. The highest BCUT2D eigenvalue weighted by atomic mass is 35.5. The maximum absolute atomic E-state index is 11.9. The molecule has 0 aliphatic heterocycles. The number of aromatic nitrogens is 2. The molecule has 0 fully saturated rings. The van der Waals surface area contributed by atoms with Crippen molar-refractivity contribution >= 4 is 46.3 Å². The average molecular weight is 338 g/mol. The van der Waals surface area contributed by atoms with Crippen LogP contribution in [0.5, 0.6) is 0 Å². The summed E-state index contributed by atoms with van der Waals surface area (Å²) in [4.78, 5) is 12.7. The quantitative estimate of drug-likeness (QED) is 0.773. The van der Waals surface area contributed by atoms with E-state index in [1.54, 1.807) is 23.7 Å². The number of rotatable bonds is 4.